The van der Waals surface area contributed by atoms with Crippen LogP contribution in [-0.4, -0.2) is 45.3 Å². The Morgan fingerprint density at radius 1 is 0.935 bits per heavy atom. The highest BCUT2D eigenvalue weighted by atomic mass is 32.2. The Hall–Kier alpha value is -1.90. The summed E-state index contributed by atoms with van der Waals surface area (Å²) in [5, 5.41) is 10.1. The van der Waals surface area contributed by atoms with Gasteiger partial charge >= 0.3 is 6.18 Å². The highest BCUT2D eigenvalue weighted by Crippen LogP contribution is 2.46. The van der Waals surface area contributed by atoms with Gasteiger partial charge < -0.3 is 20.9 Å². The molecule has 3 aliphatic heterocycles. The van der Waals surface area contributed by atoms with Crippen molar-refractivity contribution in [3.05, 3.63) is 47.0 Å². The fraction of sp³-hybridized carbons (Fsp3) is 0.478. The molecule has 0 saturated carbocycles. The van der Waals surface area contributed by atoms with E-state index in [4.69, 9.17) is 0 Å². The lowest BCUT2D eigenvalue weighted by Gasteiger charge is -2.31. The van der Waals surface area contributed by atoms with Crippen molar-refractivity contribution in [3.63, 3.8) is 0 Å². The van der Waals surface area contributed by atoms with Gasteiger partial charge in [-0.2, -0.15) is 13.2 Å². The second-order valence-corrected chi connectivity index (χ2v) is 9.56. The lowest BCUT2D eigenvalue weighted by Crippen LogP contribution is -2.43. The van der Waals surface area contributed by atoms with E-state index in [0.717, 1.165) is 73.2 Å². The first kappa shape index (κ1) is 21.0. The third-order valence-corrected chi connectivity index (χ3v) is 7.54. The normalized spacial score (nSPS) is 19.6. The topological polar surface area (TPSA) is 39.3 Å². The van der Waals surface area contributed by atoms with Gasteiger partial charge in [0.2, 0.25) is 0 Å². The van der Waals surface area contributed by atoms with E-state index < -0.39 is 11.7 Å². The molecule has 2 aromatic rings. The fourth-order valence-electron chi connectivity index (χ4n) is 4.61. The minimum Gasteiger partial charge on any atom is -0.382 e. The second kappa shape index (κ2) is 8.56. The largest absolute Gasteiger partial charge is 0.416 e. The van der Waals surface area contributed by atoms with Crippen molar-refractivity contribution >= 4 is 23.1 Å². The SMILES string of the molecule is FC(F)(F)c1cc(NC2CCNCC2)c2c(c1)Sc1cc(N3CCNCC3)ccc1C2. The van der Waals surface area contributed by atoms with Crippen molar-refractivity contribution < 1.29 is 13.2 Å². The summed E-state index contributed by atoms with van der Waals surface area (Å²) in [5.74, 6) is 0. The van der Waals surface area contributed by atoms with E-state index in [1.165, 1.54) is 29.5 Å². The number of nitrogens with zero attached hydrogens (tertiary/aromatic N) is 1. The molecule has 166 valence electrons. The fourth-order valence-corrected chi connectivity index (χ4v) is 5.79. The van der Waals surface area contributed by atoms with Crippen LogP contribution >= 0.6 is 11.8 Å². The van der Waals surface area contributed by atoms with Crippen LogP contribution in [0.25, 0.3) is 0 Å². The maximum Gasteiger partial charge on any atom is 0.416 e. The van der Waals surface area contributed by atoms with Crippen LogP contribution in [0.15, 0.2) is 40.1 Å². The predicted octanol–water partition coefficient (Wildman–Crippen LogP) is 4.33. The third-order valence-electron chi connectivity index (χ3n) is 6.36. The molecule has 4 nitrogen and oxygen atoms in total. The molecule has 0 unspecified atom stereocenters. The summed E-state index contributed by atoms with van der Waals surface area (Å²) in [6.45, 7) is 5.59. The summed E-state index contributed by atoms with van der Waals surface area (Å²) in [6.07, 6.45) is -1.86. The molecular formula is C23H27F3N4S. The zero-order valence-corrected chi connectivity index (χ0v) is 18.1. The average molecular weight is 449 g/mol. The van der Waals surface area contributed by atoms with Crippen molar-refractivity contribution in [1.82, 2.24) is 10.6 Å². The Bertz CT molecular complexity index is 951. The Kier molecular flexibility index (Phi) is 5.79. The average Bonchev–Trinajstić information content (AvgIpc) is 2.78. The van der Waals surface area contributed by atoms with Gasteiger partial charge in [-0.05, 0) is 61.3 Å². The molecular weight excluding hydrogens is 421 g/mol. The highest BCUT2D eigenvalue weighted by molar-refractivity contribution is 7.99. The van der Waals surface area contributed by atoms with Crippen LogP contribution in [-0.2, 0) is 12.6 Å². The van der Waals surface area contributed by atoms with E-state index in [1.807, 2.05) is 0 Å². The summed E-state index contributed by atoms with van der Waals surface area (Å²) in [4.78, 5) is 4.12. The zero-order chi connectivity index (χ0) is 21.4. The third kappa shape index (κ3) is 4.52. The molecule has 0 aromatic heterocycles. The van der Waals surface area contributed by atoms with Gasteiger partial charge in [-0.25, -0.2) is 0 Å². The van der Waals surface area contributed by atoms with E-state index in [0.29, 0.717) is 12.1 Å². The molecule has 0 amide bonds. The Labute approximate surface area is 185 Å². The number of hydrogen-bond donors (Lipinski definition) is 3. The standard InChI is InChI=1S/C23H27F3N4S/c24-23(25,26)16-12-20(29-17-3-5-27-6-4-17)19-11-15-1-2-18(30-9-7-28-8-10-30)14-21(15)31-22(19)13-16/h1-2,12-14,17,27-29H,3-11H2. The van der Waals surface area contributed by atoms with Gasteiger partial charge in [0, 0.05) is 59.8 Å². The molecule has 31 heavy (non-hydrogen) atoms. The number of halogens is 3. The number of hydrogen-bond acceptors (Lipinski definition) is 5. The van der Waals surface area contributed by atoms with Crippen molar-refractivity contribution in [2.45, 2.75) is 41.3 Å². The monoisotopic (exact) mass is 448 g/mol. The molecule has 0 aliphatic carbocycles. The van der Waals surface area contributed by atoms with E-state index in [-0.39, 0.29) is 6.04 Å². The van der Waals surface area contributed by atoms with Crippen LogP contribution in [0, 0.1) is 0 Å². The first-order valence-electron chi connectivity index (χ1n) is 11.0. The van der Waals surface area contributed by atoms with Crippen molar-refractivity contribution in [2.75, 3.05) is 49.5 Å². The van der Waals surface area contributed by atoms with Gasteiger partial charge in [-0.15, -0.1) is 0 Å². The molecule has 0 radical (unpaired) electrons. The predicted molar refractivity (Wildman–Crippen MR) is 119 cm³/mol. The molecule has 5 rings (SSSR count). The van der Waals surface area contributed by atoms with E-state index in [9.17, 15) is 13.2 Å². The van der Waals surface area contributed by atoms with E-state index in [1.54, 1.807) is 0 Å². The molecule has 3 N–H and O–H groups in total. The maximum atomic E-state index is 13.7. The molecule has 3 aliphatic rings. The molecule has 0 atom stereocenters. The Morgan fingerprint density at radius 2 is 1.68 bits per heavy atom. The van der Waals surface area contributed by atoms with Gasteiger partial charge in [-0.1, -0.05) is 17.8 Å². The second-order valence-electron chi connectivity index (χ2n) is 8.47. The van der Waals surface area contributed by atoms with Crippen LogP contribution in [0.4, 0.5) is 24.5 Å². The number of alkyl halides is 3. The van der Waals surface area contributed by atoms with Gasteiger partial charge in [0.1, 0.15) is 0 Å². The summed E-state index contributed by atoms with van der Waals surface area (Å²) in [6, 6.07) is 9.29. The van der Waals surface area contributed by atoms with Gasteiger partial charge in [0.25, 0.3) is 0 Å². The summed E-state index contributed by atoms with van der Waals surface area (Å²) in [5.41, 5.74) is 3.39. The molecule has 0 spiro atoms. The van der Waals surface area contributed by atoms with Crippen molar-refractivity contribution in [3.8, 4) is 0 Å². The van der Waals surface area contributed by atoms with Crippen LogP contribution in [0.2, 0.25) is 0 Å². The van der Waals surface area contributed by atoms with Crippen LogP contribution in [0.1, 0.15) is 29.5 Å². The van der Waals surface area contributed by atoms with Crippen molar-refractivity contribution in [1.29, 1.82) is 0 Å². The molecule has 2 saturated heterocycles. The number of anilines is 2. The summed E-state index contributed by atoms with van der Waals surface area (Å²) in [7, 11) is 0. The molecule has 2 fully saturated rings. The first-order valence-corrected chi connectivity index (χ1v) is 11.8. The number of piperidine rings is 1. The lowest BCUT2D eigenvalue weighted by molar-refractivity contribution is -0.137. The van der Waals surface area contributed by atoms with Gasteiger partial charge in [0.05, 0.1) is 5.56 Å². The Morgan fingerprint density at radius 3 is 2.42 bits per heavy atom. The molecule has 2 aromatic carbocycles. The number of piperazine rings is 1. The number of benzene rings is 2. The highest BCUT2D eigenvalue weighted by Gasteiger charge is 2.34. The summed E-state index contributed by atoms with van der Waals surface area (Å²) < 4.78 is 41.0. The quantitative estimate of drug-likeness (QED) is 0.556. The van der Waals surface area contributed by atoms with Gasteiger partial charge in [0.15, 0.2) is 0 Å². The minimum absolute atomic E-state index is 0.204. The molecule has 0 bridgehead atoms. The maximum absolute atomic E-state index is 13.7. The zero-order valence-electron chi connectivity index (χ0n) is 17.3. The van der Waals surface area contributed by atoms with Crippen LogP contribution in [0.3, 0.4) is 0 Å². The number of nitrogens with one attached hydrogen (secondary N) is 3. The van der Waals surface area contributed by atoms with E-state index in [2.05, 4.69) is 39.0 Å². The first-order chi connectivity index (χ1) is 15.0. The van der Waals surface area contributed by atoms with Crippen molar-refractivity contribution in [2.24, 2.45) is 0 Å². The number of fused-ring (bicyclic) bond motifs is 2. The van der Waals surface area contributed by atoms with E-state index >= 15 is 0 Å². The number of rotatable bonds is 3. The smallest absolute Gasteiger partial charge is 0.382 e. The van der Waals surface area contributed by atoms with Gasteiger partial charge in [-0.3, -0.25) is 0 Å². The lowest BCUT2D eigenvalue weighted by atomic mass is 9.98. The Balaban J connectivity index is 1.47. The minimum atomic E-state index is -4.36. The molecule has 8 heteroatoms. The molecule has 3 heterocycles. The summed E-state index contributed by atoms with van der Waals surface area (Å²) >= 11 is 1.47. The van der Waals surface area contributed by atoms with Crippen LogP contribution in [0.5, 0.6) is 0 Å². The van der Waals surface area contributed by atoms with Crippen LogP contribution < -0.4 is 20.9 Å².